The molecule has 0 amide bonds. The maximum Gasteiger partial charge on any atom is 0.0391 e. The van der Waals surface area contributed by atoms with Crippen LogP contribution in [0.3, 0.4) is 0 Å². The van der Waals surface area contributed by atoms with Gasteiger partial charge in [-0.2, -0.15) is 0 Å². The number of thiophene rings is 1. The van der Waals surface area contributed by atoms with Gasteiger partial charge in [0.2, 0.25) is 0 Å². The molecule has 1 unspecified atom stereocenters. The second-order valence-corrected chi connectivity index (χ2v) is 6.29. The van der Waals surface area contributed by atoms with Crippen LogP contribution in [-0.2, 0) is 0 Å². The fraction of sp³-hybridized carbons (Fsp3) is 0.375. The summed E-state index contributed by atoms with van der Waals surface area (Å²) in [5.74, 6) is 0. The van der Waals surface area contributed by atoms with Gasteiger partial charge in [0.05, 0.1) is 0 Å². The summed E-state index contributed by atoms with van der Waals surface area (Å²) >= 11 is 1.87. The Kier molecular flexibility index (Phi) is 4.20. The minimum Gasteiger partial charge on any atom is -0.303 e. The van der Waals surface area contributed by atoms with Crippen LogP contribution in [-0.4, -0.2) is 0 Å². The van der Waals surface area contributed by atoms with Crippen LogP contribution in [0.1, 0.15) is 46.8 Å². The summed E-state index contributed by atoms with van der Waals surface area (Å²) in [6, 6.07) is 13.9. The van der Waals surface area contributed by atoms with Crippen molar-refractivity contribution < 1.29 is 0 Å². The molecule has 18 heavy (non-hydrogen) atoms. The fourth-order valence-electron chi connectivity index (χ4n) is 2.18. The number of hydrogen-bond acceptors (Lipinski definition) is 2. The van der Waals surface area contributed by atoms with E-state index in [0.717, 1.165) is 0 Å². The minimum absolute atomic E-state index is 0.377. The van der Waals surface area contributed by atoms with Crippen LogP contribution < -0.4 is 5.32 Å². The first-order chi connectivity index (χ1) is 8.56. The molecule has 0 saturated heterocycles. The number of rotatable bonds is 4. The Morgan fingerprint density at radius 1 is 1.00 bits per heavy atom. The van der Waals surface area contributed by atoms with E-state index in [1.807, 2.05) is 11.3 Å². The van der Waals surface area contributed by atoms with Gasteiger partial charge in [-0.15, -0.1) is 11.3 Å². The van der Waals surface area contributed by atoms with Crippen LogP contribution in [0.25, 0.3) is 0 Å². The Balaban J connectivity index is 2.05. The molecule has 0 radical (unpaired) electrons. The Hall–Kier alpha value is -1.12. The molecule has 1 aromatic heterocycles. The first kappa shape index (κ1) is 13.3. The Morgan fingerprint density at radius 2 is 1.78 bits per heavy atom. The van der Waals surface area contributed by atoms with Gasteiger partial charge in [0.25, 0.3) is 0 Å². The van der Waals surface area contributed by atoms with Gasteiger partial charge in [-0.05, 0) is 45.4 Å². The van der Waals surface area contributed by atoms with Crippen LogP contribution in [0, 0.1) is 13.8 Å². The predicted molar refractivity (Wildman–Crippen MR) is 80.2 cm³/mol. The quantitative estimate of drug-likeness (QED) is 0.833. The van der Waals surface area contributed by atoms with E-state index >= 15 is 0 Å². The first-order valence-electron chi connectivity index (χ1n) is 6.45. The number of aryl methyl sites for hydroxylation is 2. The lowest BCUT2D eigenvalue weighted by molar-refractivity contribution is 0.500. The lowest BCUT2D eigenvalue weighted by Crippen LogP contribution is -2.21. The maximum absolute atomic E-state index is 3.66. The third kappa shape index (κ3) is 3.21. The molecule has 1 N–H and O–H groups in total. The topological polar surface area (TPSA) is 12.0 Å². The van der Waals surface area contributed by atoms with Gasteiger partial charge in [-0.1, -0.05) is 29.8 Å². The molecular weight excluding hydrogens is 238 g/mol. The molecule has 0 spiro atoms. The van der Waals surface area contributed by atoms with Crippen molar-refractivity contribution in [3.05, 3.63) is 57.3 Å². The summed E-state index contributed by atoms with van der Waals surface area (Å²) in [6.07, 6.45) is 0. The van der Waals surface area contributed by atoms with E-state index in [0.29, 0.717) is 12.1 Å². The largest absolute Gasteiger partial charge is 0.303 e. The Morgan fingerprint density at radius 3 is 2.39 bits per heavy atom. The third-order valence-electron chi connectivity index (χ3n) is 3.23. The highest BCUT2D eigenvalue weighted by atomic mass is 32.1. The van der Waals surface area contributed by atoms with Gasteiger partial charge < -0.3 is 5.32 Å². The molecule has 1 nitrogen and oxygen atoms in total. The average Bonchev–Trinajstić information content (AvgIpc) is 2.76. The summed E-state index contributed by atoms with van der Waals surface area (Å²) < 4.78 is 0. The maximum atomic E-state index is 3.66. The van der Waals surface area contributed by atoms with Gasteiger partial charge in [-0.3, -0.25) is 0 Å². The zero-order chi connectivity index (χ0) is 13.1. The van der Waals surface area contributed by atoms with Crippen molar-refractivity contribution in [2.75, 3.05) is 0 Å². The van der Waals surface area contributed by atoms with Crippen LogP contribution in [0.2, 0.25) is 0 Å². The Bertz CT molecular complexity index is 515. The molecule has 2 atom stereocenters. The van der Waals surface area contributed by atoms with E-state index in [1.165, 1.54) is 20.9 Å². The summed E-state index contributed by atoms with van der Waals surface area (Å²) in [6.45, 7) is 8.76. The summed E-state index contributed by atoms with van der Waals surface area (Å²) in [7, 11) is 0. The van der Waals surface area contributed by atoms with E-state index < -0.39 is 0 Å². The molecule has 0 saturated carbocycles. The van der Waals surface area contributed by atoms with E-state index in [9.17, 15) is 0 Å². The van der Waals surface area contributed by atoms with Crippen molar-refractivity contribution in [3.63, 3.8) is 0 Å². The monoisotopic (exact) mass is 259 g/mol. The van der Waals surface area contributed by atoms with Crippen LogP contribution in [0.5, 0.6) is 0 Å². The summed E-state index contributed by atoms with van der Waals surface area (Å²) in [5, 5.41) is 3.66. The van der Waals surface area contributed by atoms with Gasteiger partial charge in [0.1, 0.15) is 0 Å². The smallest absolute Gasteiger partial charge is 0.0391 e. The first-order valence-corrected chi connectivity index (χ1v) is 7.27. The molecule has 0 bridgehead atoms. The molecule has 1 aromatic carbocycles. The second-order valence-electron chi connectivity index (χ2n) is 4.97. The third-order valence-corrected chi connectivity index (χ3v) is 4.41. The molecule has 2 aromatic rings. The zero-order valence-corrected chi connectivity index (χ0v) is 12.3. The van der Waals surface area contributed by atoms with Crippen molar-refractivity contribution in [3.8, 4) is 0 Å². The molecule has 2 rings (SSSR count). The van der Waals surface area contributed by atoms with Crippen molar-refractivity contribution in [2.24, 2.45) is 0 Å². The van der Waals surface area contributed by atoms with E-state index in [1.54, 1.807) is 0 Å². The predicted octanol–water partition coefficient (Wildman–Crippen LogP) is 4.78. The van der Waals surface area contributed by atoms with Gasteiger partial charge >= 0.3 is 0 Å². The standard InChI is InChI=1S/C16H21NS/c1-11-6-5-7-15(10-11)13(3)17-14(4)16-9-8-12(2)18-16/h5-10,13-14,17H,1-4H3/t13-,14?/m0/s1. The molecule has 0 aliphatic heterocycles. The second kappa shape index (κ2) is 5.68. The molecule has 0 aliphatic carbocycles. The van der Waals surface area contributed by atoms with Crippen molar-refractivity contribution in [2.45, 2.75) is 39.8 Å². The van der Waals surface area contributed by atoms with Crippen molar-refractivity contribution in [1.29, 1.82) is 0 Å². The minimum atomic E-state index is 0.377. The molecule has 2 heteroatoms. The SMILES string of the molecule is Cc1cccc([C@H](C)NC(C)c2ccc(C)s2)c1. The highest BCUT2D eigenvalue weighted by Gasteiger charge is 2.12. The summed E-state index contributed by atoms with van der Waals surface area (Å²) in [5.41, 5.74) is 2.68. The number of nitrogens with one attached hydrogen (secondary N) is 1. The average molecular weight is 259 g/mol. The normalized spacial score (nSPS) is 14.4. The number of benzene rings is 1. The zero-order valence-electron chi connectivity index (χ0n) is 11.5. The molecule has 0 aliphatic rings. The van der Waals surface area contributed by atoms with Gasteiger partial charge in [-0.25, -0.2) is 0 Å². The molecule has 0 fully saturated rings. The van der Waals surface area contributed by atoms with Gasteiger partial charge in [0, 0.05) is 21.8 Å². The Labute approximate surface area is 114 Å². The lowest BCUT2D eigenvalue weighted by atomic mass is 10.0. The lowest BCUT2D eigenvalue weighted by Gasteiger charge is -2.20. The fourth-order valence-corrected chi connectivity index (χ4v) is 3.07. The van der Waals surface area contributed by atoms with Crippen LogP contribution in [0.15, 0.2) is 36.4 Å². The van der Waals surface area contributed by atoms with Crippen LogP contribution in [0.4, 0.5) is 0 Å². The van der Waals surface area contributed by atoms with Crippen LogP contribution >= 0.6 is 11.3 Å². The highest BCUT2D eigenvalue weighted by Crippen LogP contribution is 2.25. The molecular formula is C16H21NS. The van der Waals surface area contributed by atoms with E-state index in [-0.39, 0.29) is 0 Å². The van der Waals surface area contributed by atoms with E-state index in [2.05, 4.69) is 69.4 Å². The van der Waals surface area contributed by atoms with Gasteiger partial charge in [0.15, 0.2) is 0 Å². The molecule has 1 heterocycles. The summed E-state index contributed by atoms with van der Waals surface area (Å²) in [4.78, 5) is 2.79. The molecule has 96 valence electrons. The van der Waals surface area contributed by atoms with Crippen molar-refractivity contribution >= 4 is 11.3 Å². The highest BCUT2D eigenvalue weighted by molar-refractivity contribution is 7.12. The van der Waals surface area contributed by atoms with E-state index in [4.69, 9.17) is 0 Å². The number of hydrogen-bond donors (Lipinski definition) is 1. The van der Waals surface area contributed by atoms with Crippen molar-refractivity contribution in [1.82, 2.24) is 5.32 Å².